The number of hydrazone groups is 1. The quantitative estimate of drug-likeness (QED) is 0.914. The first-order valence-electron chi connectivity index (χ1n) is 7.56. The van der Waals surface area contributed by atoms with Gasteiger partial charge in [0.05, 0.1) is 11.7 Å². The lowest BCUT2D eigenvalue weighted by molar-refractivity contribution is 0.706. The number of aryl methyl sites for hydroxylation is 1. The van der Waals surface area contributed by atoms with Crippen molar-refractivity contribution >= 4 is 23.0 Å². The minimum Gasteiger partial charge on any atom is -0.330 e. The van der Waals surface area contributed by atoms with Gasteiger partial charge in [0.25, 0.3) is 0 Å². The Kier molecular flexibility index (Phi) is 4.46. The fourth-order valence-electron chi connectivity index (χ4n) is 2.88. The van der Waals surface area contributed by atoms with Crippen LogP contribution in [0.25, 0.3) is 0 Å². The van der Waals surface area contributed by atoms with Crippen LogP contribution in [0.1, 0.15) is 30.0 Å². The van der Waals surface area contributed by atoms with Crippen molar-refractivity contribution in [2.45, 2.75) is 25.8 Å². The normalized spacial score (nSPS) is 17.7. The van der Waals surface area contributed by atoms with Gasteiger partial charge in [0.1, 0.15) is 0 Å². The third-order valence-electron chi connectivity index (χ3n) is 4.02. The first-order chi connectivity index (χ1) is 10.7. The average Bonchev–Trinajstić information content (AvgIpc) is 2.93. The van der Waals surface area contributed by atoms with Crippen LogP contribution in [0, 0.1) is 6.92 Å². The van der Waals surface area contributed by atoms with Crippen LogP contribution >= 0.6 is 11.6 Å². The molecular formula is C18H20ClN3. The van der Waals surface area contributed by atoms with Crippen LogP contribution < -0.4 is 10.7 Å². The maximum Gasteiger partial charge on any atom is 0.0828 e. The summed E-state index contributed by atoms with van der Waals surface area (Å²) in [4.78, 5) is 0. The second-order valence-corrected chi connectivity index (χ2v) is 6.04. The molecule has 22 heavy (non-hydrogen) atoms. The number of para-hydroxylation sites is 1. The van der Waals surface area contributed by atoms with Gasteiger partial charge < -0.3 is 5.73 Å². The van der Waals surface area contributed by atoms with E-state index in [1.807, 2.05) is 12.1 Å². The third kappa shape index (κ3) is 3.01. The standard InChI is InChI=1S/C18H20ClN3/c1-13-4-2-3-5-17(13)22-18(12-16(21-22)10-11-20)14-6-8-15(19)9-7-14/h2-9,18H,10-12,20H2,1H3. The van der Waals surface area contributed by atoms with Gasteiger partial charge in [0.2, 0.25) is 0 Å². The zero-order chi connectivity index (χ0) is 15.5. The number of nitrogens with zero attached hydrogens (tertiary/aromatic N) is 2. The number of hydrogen-bond acceptors (Lipinski definition) is 3. The Bertz CT molecular complexity index is 679. The molecule has 0 fully saturated rings. The summed E-state index contributed by atoms with van der Waals surface area (Å²) in [6.45, 7) is 2.75. The molecule has 114 valence electrons. The SMILES string of the molecule is Cc1ccccc1N1N=C(CCN)CC1c1ccc(Cl)cc1. The highest BCUT2D eigenvalue weighted by Crippen LogP contribution is 2.37. The van der Waals surface area contributed by atoms with Crippen molar-refractivity contribution in [3.05, 3.63) is 64.7 Å². The van der Waals surface area contributed by atoms with E-state index in [0.717, 1.165) is 29.3 Å². The highest BCUT2D eigenvalue weighted by Gasteiger charge is 2.29. The fraction of sp³-hybridized carbons (Fsp3) is 0.278. The van der Waals surface area contributed by atoms with E-state index in [2.05, 4.69) is 48.3 Å². The highest BCUT2D eigenvalue weighted by atomic mass is 35.5. The Labute approximate surface area is 136 Å². The Morgan fingerprint density at radius 3 is 2.59 bits per heavy atom. The van der Waals surface area contributed by atoms with Gasteiger partial charge in [-0.3, -0.25) is 5.01 Å². The molecule has 0 saturated carbocycles. The van der Waals surface area contributed by atoms with Crippen molar-refractivity contribution < 1.29 is 0 Å². The van der Waals surface area contributed by atoms with E-state index in [4.69, 9.17) is 22.4 Å². The molecule has 2 aromatic carbocycles. The van der Waals surface area contributed by atoms with Gasteiger partial charge in [-0.1, -0.05) is 41.9 Å². The maximum absolute atomic E-state index is 6.02. The topological polar surface area (TPSA) is 41.6 Å². The summed E-state index contributed by atoms with van der Waals surface area (Å²) in [7, 11) is 0. The van der Waals surface area contributed by atoms with Crippen LogP contribution in [0.4, 0.5) is 5.69 Å². The van der Waals surface area contributed by atoms with Crippen LogP contribution in [0.3, 0.4) is 0 Å². The third-order valence-corrected chi connectivity index (χ3v) is 4.28. The summed E-state index contributed by atoms with van der Waals surface area (Å²) in [5.74, 6) is 0. The Morgan fingerprint density at radius 2 is 1.91 bits per heavy atom. The molecule has 1 atom stereocenters. The van der Waals surface area contributed by atoms with Crippen LogP contribution in [0.15, 0.2) is 53.6 Å². The Morgan fingerprint density at radius 1 is 1.18 bits per heavy atom. The van der Waals surface area contributed by atoms with Crippen molar-refractivity contribution in [1.29, 1.82) is 0 Å². The van der Waals surface area contributed by atoms with E-state index in [0.29, 0.717) is 6.54 Å². The van der Waals surface area contributed by atoms with E-state index in [9.17, 15) is 0 Å². The molecule has 1 heterocycles. The zero-order valence-electron chi connectivity index (χ0n) is 12.7. The van der Waals surface area contributed by atoms with E-state index >= 15 is 0 Å². The van der Waals surface area contributed by atoms with Crippen LogP contribution in [-0.2, 0) is 0 Å². The molecular weight excluding hydrogens is 294 g/mol. The van der Waals surface area contributed by atoms with Gasteiger partial charge in [-0.25, -0.2) is 0 Å². The lowest BCUT2D eigenvalue weighted by Gasteiger charge is -2.25. The number of halogens is 1. The molecule has 0 amide bonds. The summed E-state index contributed by atoms with van der Waals surface area (Å²) in [5.41, 5.74) is 10.5. The molecule has 1 aliphatic heterocycles. The van der Waals surface area contributed by atoms with Crippen molar-refractivity contribution in [1.82, 2.24) is 0 Å². The molecule has 0 aromatic heterocycles. The van der Waals surface area contributed by atoms with Crippen LogP contribution in [0.5, 0.6) is 0 Å². The summed E-state index contributed by atoms with van der Waals surface area (Å²) in [5, 5.41) is 7.71. The second kappa shape index (κ2) is 6.51. The van der Waals surface area contributed by atoms with Crippen molar-refractivity contribution in [3.8, 4) is 0 Å². The first kappa shape index (κ1) is 15.1. The molecule has 3 rings (SSSR count). The molecule has 0 aliphatic carbocycles. The summed E-state index contributed by atoms with van der Waals surface area (Å²) >= 11 is 6.02. The van der Waals surface area contributed by atoms with Gasteiger partial charge >= 0.3 is 0 Å². The minimum atomic E-state index is 0.208. The number of anilines is 1. The van der Waals surface area contributed by atoms with Crippen molar-refractivity contribution in [2.75, 3.05) is 11.6 Å². The van der Waals surface area contributed by atoms with E-state index in [1.165, 1.54) is 11.1 Å². The van der Waals surface area contributed by atoms with E-state index in [1.54, 1.807) is 0 Å². The Balaban J connectivity index is 1.98. The smallest absolute Gasteiger partial charge is 0.0828 e. The summed E-state index contributed by atoms with van der Waals surface area (Å²) in [6.07, 6.45) is 1.75. The minimum absolute atomic E-state index is 0.208. The summed E-state index contributed by atoms with van der Waals surface area (Å²) in [6, 6.07) is 16.6. The van der Waals surface area contributed by atoms with Gasteiger partial charge in [-0.05, 0) is 49.2 Å². The molecule has 2 aromatic rings. The summed E-state index contributed by atoms with van der Waals surface area (Å²) < 4.78 is 0. The van der Waals surface area contributed by atoms with E-state index in [-0.39, 0.29) is 6.04 Å². The largest absolute Gasteiger partial charge is 0.330 e. The predicted molar refractivity (Wildman–Crippen MR) is 93.6 cm³/mol. The molecule has 0 saturated heterocycles. The molecule has 1 unspecified atom stereocenters. The second-order valence-electron chi connectivity index (χ2n) is 5.61. The average molecular weight is 314 g/mol. The number of hydrogen-bond donors (Lipinski definition) is 1. The lowest BCUT2D eigenvalue weighted by Crippen LogP contribution is -2.19. The molecule has 0 radical (unpaired) electrons. The van der Waals surface area contributed by atoms with Gasteiger partial charge in [0, 0.05) is 17.2 Å². The van der Waals surface area contributed by atoms with Gasteiger partial charge in [-0.15, -0.1) is 0 Å². The van der Waals surface area contributed by atoms with Crippen LogP contribution in [0.2, 0.25) is 5.02 Å². The number of rotatable bonds is 4. The molecule has 3 nitrogen and oxygen atoms in total. The number of benzene rings is 2. The molecule has 4 heteroatoms. The Hall–Kier alpha value is -1.84. The van der Waals surface area contributed by atoms with E-state index < -0.39 is 0 Å². The molecule has 0 spiro atoms. The van der Waals surface area contributed by atoms with Gasteiger partial charge in [-0.2, -0.15) is 5.10 Å². The first-order valence-corrected chi connectivity index (χ1v) is 7.93. The number of nitrogens with two attached hydrogens (primary N) is 1. The highest BCUT2D eigenvalue weighted by molar-refractivity contribution is 6.30. The van der Waals surface area contributed by atoms with Gasteiger partial charge in [0.15, 0.2) is 0 Å². The monoisotopic (exact) mass is 313 g/mol. The predicted octanol–water partition coefficient (Wildman–Crippen LogP) is 4.30. The lowest BCUT2D eigenvalue weighted by atomic mass is 10.00. The molecule has 1 aliphatic rings. The van der Waals surface area contributed by atoms with Crippen LogP contribution in [-0.4, -0.2) is 12.3 Å². The fourth-order valence-corrected chi connectivity index (χ4v) is 3.00. The zero-order valence-corrected chi connectivity index (χ0v) is 13.4. The van der Waals surface area contributed by atoms with Crippen molar-refractivity contribution in [2.24, 2.45) is 10.8 Å². The molecule has 2 N–H and O–H groups in total. The molecule has 0 bridgehead atoms. The maximum atomic E-state index is 6.02. The van der Waals surface area contributed by atoms with Crippen molar-refractivity contribution in [3.63, 3.8) is 0 Å².